The zero-order valence-electron chi connectivity index (χ0n) is 18.2. The molecular formula is C22H23N5O5S. The summed E-state index contributed by atoms with van der Waals surface area (Å²) in [5.74, 6) is -0.496. The number of aromatic nitrogens is 4. The maximum atomic E-state index is 13.5. The topological polar surface area (TPSA) is 122 Å². The molecule has 2 N–H and O–H groups in total. The summed E-state index contributed by atoms with van der Waals surface area (Å²) in [5.41, 5.74) is 0.931. The molecule has 0 radical (unpaired) electrons. The first-order valence-electron chi connectivity index (χ1n) is 10.7. The van der Waals surface area contributed by atoms with Gasteiger partial charge in [0.2, 0.25) is 0 Å². The van der Waals surface area contributed by atoms with Gasteiger partial charge in [0.15, 0.2) is 0 Å². The summed E-state index contributed by atoms with van der Waals surface area (Å²) < 4.78 is 2.60. The SMILES string of the molecule is CCCn1c(=O)n(C)c(=O)c2c(C(=O)N3C[C@H](O)CO3)c(Cc3c[nH]c4ncccc34)sc21. The molecule has 0 spiro atoms. The molecule has 1 fully saturated rings. The molecule has 0 bridgehead atoms. The van der Waals surface area contributed by atoms with E-state index in [1.54, 1.807) is 10.8 Å². The van der Waals surface area contributed by atoms with Crippen LogP contribution in [0.25, 0.3) is 21.3 Å². The van der Waals surface area contributed by atoms with Gasteiger partial charge in [-0.3, -0.25) is 23.6 Å². The molecule has 5 heterocycles. The molecule has 0 aromatic carbocycles. The summed E-state index contributed by atoms with van der Waals surface area (Å²) in [7, 11) is 1.42. The third-order valence-electron chi connectivity index (χ3n) is 5.82. The van der Waals surface area contributed by atoms with E-state index in [9.17, 15) is 19.5 Å². The summed E-state index contributed by atoms with van der Waals surface area (Å²) in [4.78, 5) is 53.5. The molecule has 0 saturated carbocycles. The van der Waals surface area contributed by atoms with Crippen molar-refractivity contribution in [1.82, 2.24) is 24.2 Å². The van der Waals surface area contributed by atoms with Gasteiger partial charge in [0.25, 0.3) is 11.5 Å². The maximum Gasteiger partial charge on any atom is 0.331 e. The number of thiophene rings is 1. The van der Waals surface area contributed by atoms with E-state index in [1.165, 1.54) is 18.4 Å². The van der Waals surface area contributed by atoms with Crippen LogP contribution in [0.15, 0.2) is 34.1 Å². The second-order valence-electron chi connectivity index (χ2n) is 8.08. The van der Waals surface area contributed by atoms with Crippen LogP contribution in [0.5, 0.6) is 0 Å². The molecule has 1 atom stereocenters. The van der Waals surface area contributed by atoms with Gasteiger partial charge in [-0.2, -0.15) is 0 Å². The number of nitrogens with one attached hydrogen (secondary N) is 1. The van der Waals surface area contributed by atoms with E-state index >= 15 is 0 Å². The molecular weight excluding hydrogens is 446 g/mol. The number of aliphatic hydroxyl groups excluding tert-OH is 1. The van der Waals surface area contributed by atoms with Crippen molar-refractivity contribution in [2.75, 3.05) is 13.2 Å². The number of pyridine rings is 1. The number of nitrogens with zero attached hydrogens (tertiary/aromatic N) is 4. The van der Waals surface area contributed by atoms with Gasteiger partial charge in [-0.25, -0.2) is 14.8 Å². The number of hydrogen-bond acceptors (Lipinski definition) is 7. The number of carbonyl (C=O) groups excluding carboxylic acids is 1. The standard InChI is InChI=1S/C22H23N5O5S/c1-3-7-26-21-17(19(29)25(2)22(26)31)16(20(30)27-10-13(28)11-32-27)15(33-21)8-12-9-24-18-14(12)5-4-6-23-18/h4-6,9,13,28H,3,7-8,10-11H2,1-2H3,(H,23,24)/t13-/m0/s1. The molecule has 11 heteroatoms. The van der Waals surface area contributed by atoms with E-state index in [0.717, 1.165) is 26.2 Å². The number of hydrogen-bond donors (Lipinski definition) is 2. The highest BCUT2D eigenvalue weighted by Crippen LogP contribution is 2.33. The number of β-amino-alcohol motifs (C(OH)–C–C–N with tert-alkyl or cyclic N) is 1. The van der Waals surface area contributed by atoms with Gasteiger partial charge in [-0.05, 0) is 24.1 Å². The Labute approximate surface area is 191 Å². The largest absolute Gasteiger partial charge is 0.389 e. The summed E-state index contributed by atoms with van der Waals surface area (Å²) in [6.45, 7) is 2.40. The molecule has 0 unspecified atom stereocenters. The normalized spacial score (nSPS) is 16.3. The van der Waals surface area contributed by atoms with Crippen LogP contribution < -0.4 is 11.2 Å². The van der Waals surface area contributed by atoms with Crippen molar-refractivity contribution in [3.8, 4) is 0 Å². The Morgan fingerprint density at radius 2 is 2.21 bits per heavy atom. The number of rotatable bonds is 5. The minimum Gasteiger partial charge on any atom is -0.389 e. The first-order valence-corrected chi connectivity index (χ1v) is 11.5. The first kappa shape index (κ1) is 21.6. The van der Waals surface area contributed by atoms with Crippen LogP contribution in [0.2, 0.25) is 0 Å². The molecule has 1 aliphatic rings. The fourth-order valence-electron chi connectivity index (χ4n) is 4.22. The Hall–Kier alpha value is -3.28. The first-order chi connectivity index (χ1) is 15.9. The predicted molar refractivity (Wildman–Crippen MR) is 124 cm³/mol. The fraction of sp³-hybridized carbons (Fsp3) is 0.364. The lowest BCUT2D eigenvalue weighted by molar-refractivity contribution is -0.0778. The van der Waals surface area contributed by atoms with E-state index in [1.807, 2.05) is 25.3 Å². The lowest BCUT2D eigenvalue weighted by Crippen LogP contribution is -2.38. The van der Waals surface area contributed by atoms with Gasteiger partial charge < -0.3 is 10.1 Å². The molecule has 1 saturated heterocycles. The average molecular weight is 470 g/mol. The summed E-state index contributed by atoms with van der Waals surface area (Å²) in [6.07, 6.45) is 3.80. The minimum atomic E-state index is -0.789. The van der Waals surface area contributed by atoms with Gasteiger partial charge in [0.05, 0.1) is 17.5 Å². The van der Waals surface area contributed by atoms with Crippen LogP contribution in [0.1, 0.15) is 34.1 Å². The predicted octanol–water partition coefficient (Wildman–Crippen LogP) is 1.39. The van der Waals surface area contributed by atoms with Crippen molar-refractivity contribution in [1.29, 1.82) is 0 Å². The molecule has 1 amide bonds. The molecule has 5 rings (SSSR count). The maximum absolute atomic E-state index is 13.5. The van der Waals surface area contributed by atoms with Crippen LogP contribution in [0.4, 0.5) is 0 Å². The quantitative estimate of drug-likeness (QED) is 0.455. The van der Waals surface area contributed by atoms with E-state index in [0.29, 0.717) is 29.1 Å². The Kier molecular flexibility index (Phi) is 5.39. The van der Waals surface area contributed by atoms with Crippen molar-refractivity contribution < 1.29 is 14.7 Å². The number of amides is 1. The number of aryl methyl sites for hydroxylation is 1. The lowest BCUT2D eigenvalue weighted by Gasteiger charge is -2.15. The summed E-state index contributed by atoms with van der Waals surface area (Å²) in [6, 6.07) is 3.78. The van der Waals surface area contributed by atoms with Gasteiger partial charge >= 0.3 is 5.69 Å². The number of aliphatic hydroxyl groups is 1. The van der Waals surface area contributed by atoms with Crippen molar-refractivity contribution in [2.45, 2.75) is 32.4 Å². The van der Waals surface area contributed by atoms with Gasteiger partial charge in [0, 0.05) is 42.7 Å². The van der Waals surface area contributed by atoms with E-state index in [-0.39, 0.29) is 24.1 Å². The molecule has 33 heavy (non-hydrogen) atoms. The van der Waals surface area contributed by atoms with Crippen LogP contribution in [-0.4, -0.2) is 54.4 Å². The Morgan fingerprint density at radius 1 is 1.39 bits per heavy atom. The zero-order valence-corrected chi connectivity index (χ0v) is 19.0. The van der Waals surface area contributed by atoms with E-state index in [2.05, 4.69) is 9.97 Å². The molecule has 4 aromatic heterocycles. The van der Waals surface area contributed by atoms with Crippen LogP contribution in [-0.2, 0) is 24.9 Å². The number of carbonyl (C=O) groups is 1. The van der Waals surface area contributed by atoms with Crippen LogP contribution >= 0.6 is 11.3 Å². The smallest absolute Gasteiger partial charge is 0.331 e. The zero-order chi connectivity index (χ0) is 23.3. The van der Waals surface area contributed by atoms with E-state index < -0.39 is 23.3 Å². The second kappa shape index (κ2) is 8.25. The summed E-state index contributed by atoms with van der Waals surface area (Å²) in [5, 5.41) is 12.1. The van der Waals surface area contributed by atoms with Crippen molar-refractivity contribution in [3.05, 3.63) is 61.4 Å². The number of hydroxylamine groups is 2. The minimum absolute atomic E-state index is 0.00974. The Morgan fingerprint density at radius 3 is 2.94 bits per heavy atom. The number of fused-ring (bicyclic) bond motifs is 2. The highest BCUT2D eigenvalue weighted by atomic mass is 32.1. The van der Waals surface area contributed by atoms with Gasteiger partial charge in [0.1, 0.15) is 23.2 Å². The van der Waals surface area contributed by atoms with Gasteiger partial charge in [-0.1, -0.05) is 6.92 Å². The molecule has 0 aliphatic carbocycles. The van der Waals surface area contributed by atoms with E-state index in [4.69, 9.17) is 4.84 Å². The lowest BCUT2D eigenvalue weighted by atomic mass is 10.1. The molecule has 172 valence electrons. The van der Waals surface area contributed by atoms with Crippen molar-refractivity contribution in [3.63, 3.8) is 0 Å². The monoisotopic (exact) mass is 469 g/mol. The van der Waals surface area contributed by atoms with Crippen molar-refractivity contribution in [2.24, 2.45) is 7.05 Å². The third-order valence-corrected chi connectivity index (χ3v) is 7.03. The third kappa shape index (κ3) is 3.48. The highest BCUT2D eigenvalue weighted by Gasteiger charge is 2.33. The number of H-pyrrole nitrogens is 1. The molecule has 4 aromatic rings. The Bertz CT molecular complexity index is 1500. The fourth-order valence-corrected chi connectivity index (χ4v) is 5.54. The van der Waals surface area contributed by atoms with Crippen LogP contribution in [0.3, 0.4) is 0 Å². The average Bonchev–Trinajstić information content (AvgIpc) is 3.52. The molecule has 1 aliphatic heterocycles. The van der Waals surface area contributed by atoms with Crippen LogP contribution in [0, 0.1) is 0 Å². The summed E-state index contributed by atoms with van der Waals surface area (Å²) >= 11 is 1.27. The molecule has 10 nitrogen and oxygen atoms in total. The second-order valence-corrected chi connectivity index (χ2v) is 9.17. The van der Waals surface area contributed by atoms with Gasteiger partial charge in [-0.15, -0.1) is 11.3 Å². The van der Waals surface area contributed by atoms with Crippen molar-refractivity contribution >= 4 is 38.5 Å². The Balaban J connectivity index is 1.76. The highest BCUT2D eigenvalue weighted by molar-refractivity contribution is 7.19. The number of aromatic amines is 1.